The molecule has 0 aliphatic carbocycles. The van der Waals surface area contributed by atoms with E-state index in [4.69, 9.17) is 16.3 Å². The van der Waals surface area contributed by atoms with Crippen LogP contribution in [0.4, 0.5) is 9.59 Å². The zero-order chi connectivity index (χ0) is 16.2. The van der Waals surface area contributed by atoms with Crippen LogP contribution < -0.4 is 0 Å². The number of carbonyl (C=O) groups excluding carboxylic acids is 2. The number of hydrogen-bond acceptors (Lipinski definition) is 5. The summed E-state index contributed by atoms with van der Waals surface area (Å²) in [7, 11) is 1.20. The summed E-state index contributed by atoms with van der Waals surface area (Å²) in [6, 6.07) is 3.29. The summed E-state index contributed by atoms with van der Waals surface area (Å²) >= 11 is 5.79. The van der Waals surface area contributed by atoms with Crippen molar-refractivity contribution in [3.63, 3.8) is 0 Å². The van der Waals surface area contributed by atoms with Crippen molar-refractivity contribution in [2.24, 2.45) is 0 Å². The Labute approximate surface area is 129 Å². The van der Waals surface area contributed by atoms with Gasteiger partial charge in [0.2, 0.25) is 0 Å². The van der Waals surface area contributed by atoms with Crippen molar-refractivity contribution in [1.82, 2.24) is 9.88 Å². The van der Waals surface area contributed by atoms with E-state index >= 15 is 0 Å². The summed E-state index contributed by atoms with van der Waals surface area (Å²) in [5.74, 6) is 0. The van der Waals surface area contributed by atoms with Gasteiger partial charge in [-0.25, -0.2) is 19.5 Å². The number of nitrogens with zero attached hydrogens (tertiary/aromatic N) is 2. The predicted octanol–water partition coefficient (Wildman–Crippen LogP) is 3.55. The van der Waals surface area contributed by atoms with Gasteiger partial charge in [-0.1, -0.05) is 17.7 Å². The highest BCUT2D eigenvalue weighted by Crippen LogP contribution is 2.16. The molecule has 0 saturated heterocycles. The van der Waals surface area contributed by atoms with Crippen molar-refractivity contribution in [1.29, 1.82) is 0 Å². The van der Waals surface area contributed by atoms with Gasteiger partial charge in [-0.3, -0.25) is 0 Å². The third-order valence-electron chi connectivity index (χ3n) is 2.50. The molecule has 0 radical (unpaired) electrons. The molecule has 2 amide bonds. The summed E-state index contributed by atoms with van der Waals surface area (Å²) in [5, 5.41) is 0.345. The fraction of sp³-hybridized carbons (Fsp3) is 0.500. The van der Waals surface area contributed by atoms with Crippen molar-refractivity contribution < 1.29 is 19.1 Å². The lowest BCUT2D eigenvalue weighted by Crippen LogP contribution is -2.40. The molecule has 1 rings (SSSR count). The molecular weight excluding hydrogens is 296 g/mol. The number of methoxy groups -OCH3 is 1. The Balaban J connectivity index is 2.98. The molecule has 21 heavy (non-hydrogen) atoms. The Morgan fingerprint density at radius 2 is 1.90 bits per heavy atom. The van der Waals surface area contributed by atoms with Crippen LogP contribution in [0.25, 0.3) is 0 Å². The first-order chi connectivity index (χ1) is 9.64. The largest absolute Gasteiger partial charge is 0.452 e. The highest BCUT2D eigenvalue weighted by molar-refractivity contribution is 6.29. The highest BCUT2D eigenvalue weighted by Gasteiger charge is 2.28. The normalized spacial score (nSPS) is 11.0. The zero-order valence-corrected chi connectivity index (χ0v) is 13.5. The number of rotatable bonds is 2. The molecule has 0 unspecified atom stereocenters. The number of hydrogen-bond donors (Lipinski definition) is 0. The van der Waals surface area contributed by atoms with Gasteiger partial charge in [-0.05, 0) is 39.3 Å². The smallest absolute Gasteiger partial charge is 0.420 e. The standard InChI is InChI=1S/C14H19ClN2O4/c1-9-10(6-7-11(15)16-9)8-17(12(18)20-5)13(19)21-14(2,3)4/h6-7H,8H2,1-5H3. The quantitative estimate of drug-likeness (QED) is 0.781. The second-order valence-electron chi connectivity index (χ2n) is 5.42. The average Bonchev–Trinajstić information content (AvgIpc) is 2.34. The van der Waals surface area contributed by atoms with Crippen molar-refractivity contribution in [2.75, 3.05) is 7.11 Å². The molecular formula is C14H19ClN2O4. The number of imide groups is 1. The maximum atomic E-state index is 12.1. The third-order valence-corrected chi connectivity index (χ3v) is 2.71. The minimum absolute atomic E-state index is 0.00239. The average molecular weight is 315 g/mol. The van der Waals surface area contributed by atoms with Crippen LogP contribution in [0.1, 0.15) is 32.0 Å². The summed E-state index contributed by atoms with van der Waals surface area (Å²) < 4.78 is 9.82. The molecule has 116 valence electrons. The molecule has 0 aliphatic rings. The number of amides is 2. The number of ether oxygens (including phenoxy) is 2. The minimum atomic E-state index is -0.793. The van der Waals surface area contributed by atoms with E-state index in [1.807, 2.05) is 0 Å². The van der Waals surface area contributed by atoms with Gasteiger partial charge in [0.15, 0.2) is 0 Å². The maximum Gasteiger partial charge on any atom is 0.420 e. The Kier molecular flexibility index (Phi) is 5.54. The molecule has 0 bridgehead atoms. The fourth-order valence-corrected chi connectivity index (χ4v) is 1.72. The van der Waals surface area contributed by atoms with Crippen molar-refractivity contribution in [3.8, 4) is 0 Å². The van der Waals surface area contributed by atoms with Crippen LogP contribution in [0.3, 0.4) is 0 Å². The predicted molar refractivity (Wildman–Crippen MR) is 78.2 cm³/mol. The van der Waals surface area contributed by atoms with E-state index in [1.165, 1.54) is 7.11 Å². The molecule has 1 heterocycles. The van der Waals surface area contributed by atoms with Crippen molar-refractivity contribution in [3.05, 3.63) is 28.5 Å². The molecule has 0 fully saturated rings. The maximum absolute atomic E-state index is 12.1. The lowest BCUT2D eigenvalue weighted by molar-refractivity contribution is 0.0230. The topological polar surface area (TPSA) is 68.7 Å². The molecule has 1 aromatic heterocycles. The van der Waals surface area contributed by atoms with Crippen LogP contribution in [-0.4, -0.2) is 34.8 Å². The molecule has 6 nitrogen and oxygen atoms in total. The van der Waals surface area contributed by atoms with Gasteiger partial charge in [0, 0.05) is 5.69 Å². The van der Waals surface area contributed by atoms with E-state index in [2.05, 4.69) is 9.72 Å². The number of aromatic nitrogens is 1. The summed E-state index contributed by atoms with van der Waals surface area (Å²) in [6.07, 6.45) is -1.57. The third kappa shape index (κ3) is 5.23. The van der Waals surface area contributed by atoms with E-state index in [0.717, 1.165) is 4.90 Å². The first-order valence-electron chi connectivity index (χ1n) is 6.34. The van der Waals surface area contributed by atoms with Gasteiger partial charge >= 0.3 is 12.2 Å². The molecule has 0 aromatic carbocycles. The summed E-state index contributed by atoms with van der Waals surface area (Å²) in [4.78, 5) is 28.8. The van der Waals surface area contributed by atoms with E-state index in [-0.39, 0.29) is 6.54 Å². The zero-order valence-electron chi connectivity index (χ0n) is 12.8. The number of carbonyl (C=O) groups is 2. The van der Waals surface area contributed by atoms with Crippen LogP contribution >= 0.6 is 11.6 Å². The highest BCUT2D eigenvalue weighted by atomic mass is 35.5. The Morgan fingerprint density at radius 3 is 2.38 bits per heavy atom. The second-order valence-corrected chi connectivity index (χ2v) is 5.80. The van der Waals surface area contributed by atoms with Crippen molar-refractivity contribution >= 4 is 23.8 Å². The molecule has 7 heteroatoms. The monoisotopic (exact) mass is 314 g/mol. The van der Waals surface area contributed by atoms with Crippen LogP contribution in [0.2, 0.25) is 5.15 Å². The van der Waals surface area contributed by atoms with Gasteiger partial charge in [0.25, 0.3) is 0 Å². The van der Waals surface area contributed by atoms with Crippen LogP contribution in [0, 0.1) is 6.92 Å². The van der Waals surface area contributed by atoms with E-state index < -0.39 is 17.8 Å². The lowest BCUT2D eigenvalue weighted by atomic mass is 10.2. The number of pyridine rings is 1. The fourth-order valence-electron chi connectivity index (χ4n) is 1.53. The summed E-state index contributed by atoms with van der Waals surface area (Å²) in [6.45, 7) is 6.89. The van der Waals surface area contributed by atoms with Gasteiger partial charge < -0.3 is 9.47 Å². The molecule has 0 spiro atoms. The lowest BCUT2D eigenvalue weighted by Gasteiger charge is -2.25. The van der Waals surface area contributed by atoms with Gasteiger partial charge in [0.05, 0.1) is 13.7 Å². The molecule has 1 aromatic rings. The summed E-state index contributed by atoms with van der Waals surface area (Å²) in [5.41, 5.74) is 0.590. The Morgan fingerprint density at radius 1 is 1.29 bits per heavy atom. The number of halogens is 1. The van der Waals surface area contributed by atoms with E-state index in [1.54, 1.807) is 39.8 Å². The second kappa shape index (κ2) is 6.76. The van der Waals surface area contributed by atoms with Crippen LogP contribution in [0.5, 0.6) is 0 Å². The molecule has 0 N–H and O–H groups in total. The molecule has 0 saturated carbocycles. The van der Waals surface area contributed by atoms with Crippen LogP contribution in [-0.2, 0) is 16.0 Å². The van der Waals surface area contributed by atoms with E-state index in [9.17, 15) is 9.59 Å². The van der Waals surface area contributed by atoms with Gasteiger partial charge in [0.1, 0.15) is 10.8 Å². The first kappa shape index (κ1) is 17.2. The Hall–Kier alpha value is -1.82. The van der Waals surface area contributed by atoms with Crippen LogP contribution in [0.15, 0.2) is 12.1 Å². The van der Waals surface area contributed by atoms with Gasteiger partial charge in [-0.2, -0.15) is 0 Å². The molecule has 0 atom stereocenters. The Bertz CT molecular complexity index is 540. The number of aryl methyl sites for hydroxylation is 1. The van der Waals surface area contributed by atoms with Gasteiger partial charge in [-0.15, -0.1) is 0 Å². The first-order valence-corrected chi connectivity index (χ1v) is 6.72. The van der Waals surface area contributed by atoms with E-state index in [0.29, 0.717) is 16.4 Å². The minimum Gasteiger partial charge on any atom is -0.452 e. The molecule has 0 aliphatic heterocycles. The SMILES string of the molecule is COC(=O)N(Cc1ccc(Cl)nc1C)C(=O)OC(C)(C)C. The van der Waals surface area contributed by atoms with Crippen molar-refractivity contribution in [2.45, 2.75) is 39.8 Å².